The Morgan fingerprint density at radius 2 is 1.74 bits per heavy atom. The summed E-state index contributed by atoms with van der Waals surface area (Å²) in [6.45, 7) is 7.52. The van der Waals surface area contributed by atoms with Crippen molar-refractivity contribution in [1.82, 2.24) is 9.62 Å². The molecule has 19 heavy (non-hydrogen) atoms. The summed E-state index contributed by atoms with van der Waals surface area (Å²) in [6.07, 6.45) is 0.801. The number of hydrogen-bond acceptors (Lipinski definition) is 4. The Morgan fingerprint density at radius 3 is 2.26 bits per heavy atom. The van der Waals surface area contributed by atoms with Crippen molar-refractivity contribution < 1.29 is 8.42 Å². The summed E-state index contributed by atoms with van der Waals surface area (Å²) in [5.74, 6) is 0. The third-order valence-electron chi connectivity index (χ3n) is 3.03. The first-order valence-electron chi connectivity index (χ1n) is 6.57. The van der Waals surface area contributed by atoms with E-state index < -0.39 is 10.0 Å². The van der Waals surface area contributed by atoms with E-state index in [1.54, 1.807) is 12.1 Å². The maximum absolute atomic E-state index is 12.0. The van der Waals surface area contributed by atoms with Gasteiger partial charge in [0, 0.05) is 12.2 Å². The van der Waals surface area contributed by atoms with Crippen LogP contribution in [0.4, 0.5) is 5.69 Å². The molecule has 1 aromatic carbocycles. The first-order valence-corrected chi connectivity index (χ1v) is 8.05. The number of anilines is 1. The smallest absolute Gasteiger partial charge is 0.240 e. The fourth-order valence-corrected chi connectivity index (χ4v) is 2.85. The van der Waals surface area contributed by atoms with Crippen LogP contribution >= 0.6 is 0 Å². The van der Waals surface area contributed by atoms with Gasteiger partial charge in [-0.3, -0.25) is 0 Å². The predicted octanol–water partition coefficient (Wildman–Crippen LogP) is 1.28. The molecule has 0 aliphatic carbocycles. The maximum atomic E-state index is 12.0. The van der Waals surface area contributed by atoms with Crippen molar-refractivity contribution >= 4 is 15.7 Å². The van der Waals surface area contributed by atoms with Crippen LogP contribution in [0, 0.1) is 0 Å². The molecule has 0 radical (unpaired) electrons. The SMILES string of the molecule is CCN(CC)CCCNS(=O)(=O)c1ccc(N)cc1. The van der Waals surface area contributed by atoms with Gasteiger partial charge >= 0.3 is 0 Å². The summed E-state index contributed by atoms with van der Waals surface area (Å²) < 4.78 is 26.5. The summed E-state index contributed by atoms with van der Waals surface area (Å²) >= 11 is 0. The van der Waals surface area contributed by atoms with Crippen molar-refractivity contribution in [2.75, 3.05) is 31.9 Å². The lowest BCUT2D eigenvalue weighted by Crippen LogP contribution is -2.30. The van der Waals surface area contributed by atoms with Crippen molar-refractivity contribution in [3.05, 3.63) is 24.3 Å². The molecule has 0 amide bonds. The number of rotatable bonds is 8. The molecule has 0 heterocycles. The quantitative estimate of drug-likeness (QED) is 0.557. The normalized spacial score (nSPS) is 11.9. The zero-order valence-electron chi connectivity index (χ0n) is 11.6. The molecule has 0 atom stereocenters. The lowest BCUT2D eigenvalue weighted by molar-refractivity contribution is 0.300. The lowest BCUT2D eigenvalue weighted by atomic mass is 10.3. The predicted molar refractivity (Wildman–Crippen MR) is 78.4 cm³/mol. The molecule has 5 nitrogen and oxygen atoms in total. The molecular formula is C13H23N3O2S. The number of nitrogens with one attached hydrogen (secondary N) is 1. The van der Waals surface area contributed by atoms with Gasteiger partial charge < -0.3 is 10.6 Å². The van der Waals surface area contributed by atoms with E-state index >= 15 is 0 Å². The number of nitrogens with zero attached hydrogens (tertiary/aromatic N) is 1. The summed E-state index contributed by atoms with van der Waals surface area (Å²) in [7, 11) is -3.41. The van der Waals surface area contributed by atoms with Crippen molar-refractivity contribution in [3.63, 3.8) is 0 Å². The van der Waals surface area contributed by atoms with E-state index in [0.717, 1.165) is 26.1 Å². The number of benzene rings is 1. The molecule has 0 aliphatic rings. The molecule has 0 saturated heterocycles. The Hall–Kier alpha value is -1.11. The highest BCUT2D eigenvalue weighted by Gasteiger charge is 2.12. The van der Waals surface area contributed by atoms with Gasteiger partial charge in [-0.2, -0.15) is 0 Å². The zero-order chi connectivity index (χ0) is 14.3. The number of hydrogen-bond donors (Lipinski definition) is 2. The summed E-state index contributed by atoms with van der Waals surface area (Å²) in [6, 6.07) is 6.21. The van der Waals surface area contributed by atoms with E-state index in [1.165, 1.54) is 12.1 Å². The van der Waals surface area contributed by atoms with Crippen molar-refractivity contribution in [3.8, 4) is 0 Å². The highest BCUT2D eigenvalue weighted by Crippen LogP contribution is 2.11. The van der Waals surface area contributed by atoms with E-state index in [-0.39, 0.29) is 4.90 Å². The van der Waals surface area contributed by atoms with Gasteiger partial charge in [-0.25, -0.2) is 13.1 Å². The number of sulfonamides is 1. The summed E-state index contributed by atoms with van der Waals surface area (Å²) in [4.78, 5) is 2.52. The third-order valence-corrected chi connectivity index (χ3v) is 4.50. The standard InChI is InChI=1S/C13H23N3O2S/c1-3-16(4-2)11-5-10-15-19(17,18)13-8-6-12(14)7-9-13/h6-9,15H,3-5,10-11,14H2,1-2H3. The van der Waals surface area contributed by atoms with Gasteiger partial charge in [0.25, 0.3) is 0 Å². The molecule has 1 rings (SSSR count). The van der Waals surface area contributed by atoms with E-state index in [1.807, 2.05) is 0 Å². The number of nitrogen functional groups attached to an aromatic ring is 1. The monoisotopic (exact) mass is 285 g/mol. The highest BCUT2D eigenvalue weighted by atomic mass is 32.2. The molecule has 0 bridgehead atoms. The van der Waals surface area contributed by atoms with Gasteiger partial charge in [0.2, 0.25) is 10.0 Å². The second-order valence-electron chi connectivity index (χ2n) is 4.35. The molecule has 0 saturated carbocycles. The average Bonchev–Trinajstić information content (AvgIpc) is 2.39. The first-order chi connectivity index (χ1) is 8.99. The van der Waals surface area contributed by atoms with E-state index in [9.17, 15) is 8.42 Å². The molecule has 0 aromatic heterocycles. The number of nitrogens with two attached hydrogens (primary N) is 1. The average molecular weight is 285 g/mol. The maximum Gasteiger partial charge on any atom is 0.240 e. The van der Waals surface area contributed by atoms with Gasteiger partial charge in [0.05, 0.1) is 4.90 Å². The van der Waals surface area contributed by atoms with Crippen LogP contribution in [0.15, 0.2) is 29.2 Å². The third kappa shape index (κ3) is 5.18. The van der Waals surface area contributed by atoms with Crippen LogP contribution in [0.5, 0.6) is 0 Å². The minimum atomic E-state index is -3.41. The van der Waals surface area contributed by atoms with E-state index in [2.05, 4.69) is 23.5 Å². The van der Waals surface area contributed by atoms with Gasteiger partial charge in [0.15, 0.2) is 0 Å². The Labute approximate surface area is 115 Å². The molecular weight excluding hydrogens is 262 g/mol. The van der Waals surface area contributed by atoms with Gasteiger partial charge in [0.1, 0.15) is 0 Å². The van der Waals surface area contributed by atoms with Gasteiger partial charge in [-0.1, -0.05) is 13.8 Å². The molecule has 6 heteroatoms. The Kier molecular flexibility index (Phi) is 6.27. The van der Waals surface area contributed by atoms with Crippen LogP contribution in [-0.4, -0.2) is 39.5 Å². The van der Waals surface area contributed by atoms with Crippen LogP contribution in [0.1, 0.15) is 20.3 Å². The van der Waals surface area contributed by atoms with Crippen LogP contribution in [-0.2, 0) is 10.0 Å². The van der Waals surface area contributed by atoms with Crippen LogP contribution in [0.25, 0.3) is 0 Å². The van der Waals surface area contributed by atoms with E-state index in [4.69, 9.17) is 5.73 Å². The molecule has 1 aromatic rings. The molecule has 0 aliphatic heterocycles. The Balaban J connectivity index is 2.45. The molecule has 3 N–H and O–H groups in total. The highest BCUT2D eigenvalue weighted by molar-refractivity contribution is 7.89. The fourth-order valence-electron chi connectivity index (χ4n) is 1.78. The minimum absolute atomic E-state index is 0.254. The van der Waals surface area contributed by atoms with E-state index in [0.29, 0.717) is 12.2 Å². The molecule has 108 valence electrons. The second-order valence-corrected chi connectivity index (χ2v) is 6.11. The van der Waals surface area contributed by atoms with Crippen LogP contribution in [0.2, 0.25) is 0 Å². The van der Waals surface area contributed by atoms with Gasteiger partial charge in [-0.05, 0) is 50.3 Å². The topological polar surface area (TPSA) is 75.4 Å². The second kappa shape index (κ2) is 7.47. The van der Waals surface area contributed by atoms with Crippen molar-refractivity contribution in [2.24, 2.45) is 0 Å². The largest absolute Gasteiger partial charge is 0.399 e. The molecule has 0 spiro atoms. The fraction of sp³-hybridized carbons (Fsp3) is 0.538. The first kappa shape index (κ1) is 15.9. The minimum Gasteiger partial charge on any atom is -0.399 e. The Bertz CT molecular complexity index is 467. The summed E-state index contributed by atoms with van der Waals surface area (Å²) in [5, 5.41) is 0. The summed E-state index contributed by atoms with van der Waals surface area (Å²) in [5.41, 5.74) is 6.09. The van der Waals surface area contributed by atoms with Crippen molar-refractivity contribution in [1.29, 1.82) is 0 Å². The molecule has 0 fully saturated rings. The Morgan fingerprint density at radius 1 is 1.16 bits per heavy atom. The zero-order valence-corrected chi connectivity index (χ0v) is 12.4. The lowest BCUT2D eigenvalue weighted by Gasteiger charge is -2.17. The van der Waals surface area contributed by atoms with Crippen LogP contribution < -0.4 is 10.5 Å². The van der Waals surface area contributed by atoms with Gasteiger partial charge in [-0.15, -0.1) is 0 Å². The van der Waals surface area contributed by atoms with Crippen molar-refractivity contribution in [2.45, 2.75) is 25.2 Å². The van der Waals surface area contributed by atoms with Crippen LogP contribution in [0.3, 0.4) is 0 Å². The molecule has 0 unspecified atom stereocenters.